The van der Waals surface area contributed by atoms with Crippen LogP contribution in [0.4, 0.5) is 5.69 Å². The van der Waals surface area contributed by atoms with E-state index in [0.717, 1.165) is 6.42 Å². The highest BCUT2D eigenvalue weighted by molar-refractivity contribution is 5.68. The standard InChI is InChI=1S/C21H23N/c1-2-6-16-13-18-14-17-7-3-11-22-12-4-8-20(21(17)22)19(18)10-9-15(16)5-1/h1-2,5-6,14H,3-4,7-13H2. The van der Waals surface area contributed by atoms with E-state index in [0.29, 0.717) is 0 Å². The monoisotopic (exact) mass is 289 g/mol. The fourth-order valence-corrected chi connectivity index (χ4v) is 4.90. The lowest BCUT2D eigenvalue weighted by Gasteiger charge is -2.38. The first-order chi connectivity index (χ1) is 10.9. The minimum atomic E-state index is 1.14. The first-order valence-corrected chi connectivity index (χ1v) is 8.88. The number of aryl methyl sites for hydroxylation is 2. The molecule has 0 unspecified atom stereocenters. The molecule has 0 aromatic heterocycles. The third-order valence-electron chi connectivity index (χ3n) is 5.88. The van der Waals surface area contributed by atoms with Crippen molar-refractivity contribution >= 4 is 5.69 Å². The minimum absolute atomic E-state index is 1.14. The van der Waals surface area contributed by atoms with Gasteiger partial charge < -0.3 is 4.90 Å². The van der Waals surface area contributed by atoms with Gasteiger partial charge in [0.2, 0.25) is 0 Å². The van der Waals surface area contributed by atoms with Crippen LogP contribution in [-0.4, -0.2) is 13.1 Å². The first-order valence-electron chi connectivity index (χ1n) is 8.88. The lowest BCUT2D eigenvalue weighted by molar-refractivity contribution is 0.628. The van der Waals surface area contributed by atoms with Gasteiger partial charge in [0.1, 0.15) is 0 Å². The average molecular weight is 289 g/mol. The molecular weight excluding hydrogens is 266 g/mol. The normalized spacial score (nSPS) is 19.0. The van der Waals surface area contributed by atoms with Crippen molar-refractivity contribution < 1.29 is 0 Å². The second kappa shape index (κ2) is 4.87. The number of rotatable bonds is 0. The SMILES string of the molecule is c1ccc2c(c1)CCc1c(cc3c4c1CCCN4CCC3)C2. The first kappa shape index (κ1) is 12.8. The molecule has 5 rings (SSSR count). The van der Waals surface area contributed by atoms with Gasteiger partial charge in [0, 0.05) is 18.8 Å². The zero-order valence-corrected chi connectivity index (χ0v) is 13.2. The van der Waals surface area contributed by atoms with Crippen LogP contribution in [0.5, 0.6) is 0 Å². The molecule has 1 aliphatic carbocycles. The van der Waals surface area contributed by atoms with Crippen LogP contribution in [0.15, 0.2) is 30.3 Å². The second-order valence-electron chi connectivity index (χ2n) is 7.14. The van der Waals surface area contributed by atoms with E-state index in [1.807, 2.05) is 0 Å². The molecule has 112 valence electrons. The molecule has 0 amide bonds. The summed E-state index contributed by atoms with van der Waals surface area (Å²) in [6.45, 7) is 2.55. The van der Waals surface area contributed by atoms with E-state index in [4.69, 9.17) is 0 Å². The van der Waals surface area contributed by atoms with Crippen LogP contribution in [0.2, 0.25) is 0 Å². The Morgan fingerprint density at radius 3 is 2.41 bits per heavy atom. The maximum absolute atomic E-state index is 2.68. The molecule has 0 fully saturated rings. The number of nitrogens with zero attached hydrogens (tertiary/aromatic N) is 1. The molecule has 3 aliphatic rings. The van der Waals surface area contributed by atoms with Gasteiger partial charge in [0.25, 0.3) is 0 Å². The number of anilines is 1. The molecule has 0 N–H and O–H groups in total. The van der Waals surface area contributed by atoms with Gasteiger partial charge in [-0.25, -0.2) is 0 Å². The smallest absolute Gasteiger partial charge is 0.0434 e. The van der Waals surface area contributed by atoms with Crippen LogP contribution in [0, 0.1) is 0 Å². The Morgan fingerprint density at radius 2 is 1.50 bits per heavy atom. The Labute approximate surface area is 133 Å². The van der Waals surface area contributed by atoms with Gasteiger partial charge >= 0.3 is 0 Å². The summed E-state index contributed by atoms with van der Waals surface area (Å²) in [5.74, 6) is 0. The van der Waals surface area contributed by atoms with Crippen LogP contribution >= 0.6 is 0 Å². The fourth-order valence-electron chi connectivity index (χ4n) is 4.90. The van der Waals surface area contributed by atoms with Crippen LogP contribution in [0.1, 0.15) is 46.2 Å². The summed E-state index contributed by atoms with van der Waals surface area (Å²) in [4.78, 5) is 2.68. The predicted molar refractivity (Wildman–Crippen MR) is 92.0 cm³/mol. The molecule has 1 nitrogen and oxygen atoms in total. The van der Waals surface area contributed by atoms with Gasteiger partial charge in [-0.3, -0.25) is 0 Å². The van der Waals surface area contributed by atoms with E-state index in [9.17, 15) is 0 Å². The van der Waals surface area contributed by atoms with Crippen molar-refractivity contribution in [1.82, 2.24) is 0 Å². The second-order valence-corrected chi connectivity index (χ2v) is 7.14. The summed E-state index contributed by atoms with van der Waals surface area (Å²) in [7, 11) is 0. The molecule has 0 spiro atoms. The van der Waals surface area contributed by atoms with Crippen molar-refractivity contribution in [1.29, 1.82) is 0 Å². The summed E-state index contributed by atoms with van der Waals surface area (Å²) in [6, 6.07) is 11.6. The molecule has 2 aromatic carbocycles. The Balaban J connectivity index is 1.70. The van der Waals surface area contributed by atoms with Gasteiger partial charge in [-0.15, -0.1) is 0 Å². The van der Waals surface area contributed by atoms with Crippen LogP contribution in [-0.2, 0) is 32.1 Å². The van der Waals surface area contributed by atoms with Crippen molar-refractivity contribution in [3.63, 3.8) is 0 Å². The highest BCUT2D eigenvalue weighted by atomic mass is 15.1. The zero-order chi connectivity index (χ0) is 14.5. The Kier molecular flexibility index (Phi) is 2.82. The lowest BCUT2D eigenvalue weighted by Crippen LogP contribution is -2.35. The molecule has 0 bridgehead atoms. The highest BCUT2D eigenvalue weighted by Crippen LogP contribution is 2.40. The number of hydrogen-bond acceptors (Lipinski definition) is 1. The van der Waals surface area contributed by atoms with Crippen LogP contribution in [0.25, 0.3) is 0 Å². The Bertz CT molecular complexity index is 742. The third-order valence-corrected chi connectivity index (χ3v) is 5.88. The third kappa shape index (κ3) is 1.84. The molecule has 1 heteroatoms. The summed E-state index contributed by atoms with van der Waals surface area (Å²) in [5.41, 5.74) is 11.4. The molecule has 0 radical (unpaired) electrons. The maximum Gasteiger partial charge on any atom is 0.0434 e. The Morgan fingerprint density at radius 1 is 0.682 bits per heavy atom. The molecule has 2 heterocycles. The lowest BCUT2D eigenvalue weighted by atomic mass is 9.84. The molecular formula is C21H23N. The van der Waals surface area contributed by atoms with Gasteiger partial charge in [-0.2, -0.15) is 0 Å². The van der Waals surface area contributed by atoms with Gasteiger partial charge in [-0.1, -0.05) is 30.3 Å². The molecule has 2 aromatic rings. The largest absolute Gasteiger partial charge is 0.371 e. The molecule has 0 atom stereocenters. The number of fused-ring (bicyclic) bond motifs is 3. The van der Waals surface area contributed by atoms with E-state index in [2.05, 4.69) is 35.2 Å². The van der Waals surface area contributed by atoms with Gasteiger partial charge in [-0.05, 0) is 78.3 Å². The van der Waals surface area contributed by atoms with Gasteiger partial charge in [0.15, 0.2) is 0 Å². The average Bonchev–Trinajstić information content (AvgIpc) is 2.74. The molecule has 2 aliphatic heterocycles. The topological polar surface area (TPSA) is 3.24 Å². The molecule has 0 saturated carbocycles. The van der Waals surface area contributed by atoms with Crippen molar-refractivity contribution in [3.8, 4) is 0 Å². The number of benzene rings is 2. The quantitative estimate of drug-likeness (QED) is 0.706. The summed E-state index contributed by atoms with van der Waals surface area (Å²) < 4.78 is 0. The van der Waals surface area contributed by atoms with E-state index in [-0.39, 0.29) is 0 Å². The highest BCUT2D eigenvalue weighted by Gasteiger charge is 2.28. The summed E-state index contributed by atoms with van der Waals surface area (Å²) in [5, 5.41) is 0. The number of hydrogen-bond donors (Lipinski definition) is 0. The summed E-state index contributed by atoms with van der Waals surface area (Å²) >= 11 is 0. The van der Waals surface area contributed by atoms with E-state index in [1.165, 1.54) is 51.6 Å². The Hall–Kier alpha value is -1.76. The fraction of sp³-hybridized carbons (Fsp3) is 0.429. The van der Waals surface area contributed by atoms with E-state index < -0.39 is 0 Å². The maximum atomic E-state index is 2.68. The van der Waals surface area contributed by atoms with Crippen molar-refractivity contribution in [3.05, 3.63) is 63.7 Å². The zero-order valence-electron chi connectivity index (χ0n) is 13.2. The van der Waals surface area contributed by atoms with Crippen molar-refractivity contribution in [2.24, 2.45) is 0 Å². The molecule has 22 heavy (non-hydrogen) atoms. The predicted octanol–water partition coefficient (Wildman–Crippen LogP) is 4.07. The van der Waals surface area contributed by atoms with E-state index in [1.54, 1.807) is 39.1 Å². The van der Waals surface area contributed by atoms with Crippen LogP contribution < -0.4 is 4.90 Å². The molecule has 0 saturated heterocycles. The van der Waals surface area contributed by atoms with Crippen molar-refractivity contribution in [2.75, 3.05) is 18.0 Å². The van der Waals surface area contributed by atoms with Crippen molar-refractivity contribution in [2.45, 2.75) is 44.9 Å². The van der Waals surface area contributed by atoms with Crippen LogP contribution in [0.3, 0.4) is 0 Å². The summed E-state index contributed by atoms with van der Waals surface area (Å²) in [6.07, 6.45) is 8.87. The minimum Gasteiger partial charge on any atom is -0.371 e. The van der Waals surface area contributed by atoms with Gasteiger partial charge in [0.05, 0.1) is 0 Å². The van der Waals surface area contributed by atoms with E-state index >= 15 is 0 Å².